The lowest BCUT2D eigenvalue weighted by Crippen LogP contribution is -2.13. The Labute approximate surface area is 88.4 Å². The molecule has 0 aliphatic heterocycles. The van der Waals surface area contributed by atoms with Crippen molar-refractivity contribution in [3.05, 3.63) is 59.4 Å². The summed E-state index contributed by atoms with van der Waals surface area (Å²) in [5, 5.41) is 0. The van der Waals surface area contributed by atoms with E-state index in [1.54, 1.807) is 6.20 Å². The summed E-state index contributed by atoms with van der Waals surface area (Å²) in [5.41, 5.74) is 11.5. The summed E-state index contributed by atoms with van der Waals surface area (Å²) in [7, 11) is 0. The molecular formula is C12H11N3. The monoisotopic (exact) mass is 197 g/mol. The van der Waals surface area contributed by atoms with Crippen LogP contribution in [0.5, 0.6) is 0 Å². The third kappa shape index (κ3) is 1.92. The maximum absolute atomic E-state index is 8.92. The Morgan fingerprint density at radius 1 is 1.40 bits per heavy atom. The van der Waals surface area contributed by atoms with Crippen LogP contribution in [0.25, 0.3) is 5.53 Å². The quantitative estimate of drug-likeness (QED) is 0.503. The summed E-state index contributed by atoms with van der Waals surface area (Å²) < 4.78 is 0. The third-order valence-electron chi connectivity index (χ3n) is 2.37. The number of nitrogens with zero attached hydrogens (tertiary/aromatic N) is 3. The molecule has 1 heterocycles. The largest absolute Gasteiger partial charge is 0.361 e. The van der Waals surface area contributed by atoms with Gasteiger partial charge in [-0.2, -0.15) is 4.79 Å². The van der Waals surface area contributed by atoms with Crippen LogP contribution in [0.2, 0.25) is 0 Å². The second-order valence-electron chi connectivity index (χ2n) is 3.50. The van der Waals surface area contributed by atoms with E-state index in [1.165, 1.54) is 0 Å². The maximum atomic E-state index is 8.92. The molecule has 0 bridgehead atoms. The smallest absolute Gasteiger partial charge is 0.305 e. The van der Waals surface area contributed by atoms with Gasteiger partial charge in [-0.1, -0.05) is 18.2 Å². The van der Waals surface area contributed by atoms with Crippen molar-refractivity contribution < 1.29 is 4.79 Å². The van der Waals surface area contributed by atoms with Crippen LogP contribution in [0.15, 0.2) is 48.2 Å². The summed E-state index contributed by atoms with van der Waals surface area (Å²) in [4.78, 5) is 7.56. The van der Waals surface area contributed by atoms with Crippen LogP contribution in [0, 0.1) is 0 Å². The van der Waals surface area contributed by atoms with Gasteiger partial charge in [0, 0.05) is 12.3 Å². The molecular weight excluding hydrogens is 186 g/mol. The molecule has 1 atom stereocenters. The average molecular weight is 197 g/mol. The number of pyridine rings is 1. The van der Waals surface area contributed by atoms with E-state index in [4.69, 9.17) is 5.53 Å². The molecule has 0 saturated heterocycles. The van der Waals surface area contributed by atoms with E-state index in [1.807, 2.05) is 43.4 Å². The van der Waals surface area contributed by atoms with Crippen molar-refractivity contribution in [1.29, 1.82) is 0 Å². The second kappa shape index (κ2) is 4.03. The van der Waals surface area contributed by atoms with Crippen LogP contribution in [0.1, 0.15) is 18.5 Å². The zero-order valence-electron chi connectivity index (χ0n) is 8.46. The van der Waals surface area contributed by atoms with E-state index in [-0.39, 0.29) is 5.92 Å². The first-order chi connectivity index (χ1) is 7.31. The Bertz CT molecular complexity index is 465. The van der Waals surface area contributed by atoms with E-state index in [9.17, 15) is 0 Å². The van der Waals surface area contributed by atoms with Gasteiger partial charge < -0.3 is 5.53 Å². The Morgan fingerprint density at radius 2 is 2.27 bits per heavy atom. The Kier molecular flexibility index (Phi) is 2.57. The minimum atomic E-state index is -0.0418. The topological polar surface area (TPSA) is 49.3 Å². The SMILES string of the molecule is CC1=CC(=[N+]=[N-])C(c2ccccn2)C=C1. The number of aromatic nitrogens is 1. The summed E-state index contributed by atoms with van der Waals surface area (Å²) in [5.74, 6) is -0.0418. The Balaban J connectivity index is 2.41. The molecule has 1 aromatic rings. The van der Waals surface area contributed by atoms with Crippen LogP contribution in [-0.2, 0) is 0 Å². The maximum Gasteiger partial charge on any atom is 0.305 e. The lowest BCUT2D eigenvalue weighted by atomic mass is 9.92. The molecule has 1 unspecified atom stereocenters. The second-order valence-corrected chi connectivity index (χ2v) is 3.50. The van der Waals surface area contributed by atoms with Gasteiger partial charge in [-0.05, 0) is 24.6 Å². The van der Waals surface area contributed by atoms with E-state index < -0.39 is 0 Å². The van der Waals surface area contributed by atoms with Crippen molar-refractivity contribution >= 4 is 5.71 Å². The van der Waals surface area contributed by atoms with E-state index in [0.717, 1.165) is 11.3 Å². The molecule has 0 amide bonds. The fourth-order valence-corrected chi connectivity index (χ4v) is 1.62. The highest BCUT2D eigenvalue weighted by atomic mass is 14.9. The highest BCUT2D eigenvalue weighted by Gasteiger charge is 2.24. The molecule has 74 valence electrons. The van der Waals surface area contributed by atoms with Gasteiger partial charge in [0.05, 0.1) is 5.69 Å². The molecule has 1 aliphatic rings. The minimum Gasteiger partial charge on any atom is -0.361 e. The molecule has 0 spiro atoms. The van der Waals surface area contributed by atoms with Crippen molar-refractivity contribution in [3.63, 3.8) is 0 Å². The van der Waals surface area contributed by atoms with E-state index >= 15 is 0 Å². The van der Waals surface area contributed by atoms with E-state index in [2.05, 4.69) is 9.77 Å². The molecule has 0 N–H and O–H groups in total. The van der Waals surface area contributed by atoms with Crippen LogP contribution < -0.4 is 0 Å². The van der Waals surface area contributed by atoms with Gasteiger partial charge in [-0.25, -0.2) is 0 Å². The van der Waals surface area contributed by atoms with Crippen molar-refractivity contribution in [2.45, 2.75) is 12.8 Å². The molecule has 15 heavy (non-hydrogen) atoms. The zero-order chi connectivity index (χ0) is 10.7. The number of hydrogen-bond donors (Lipinski definition) is 0. The minimum absolute atomic E-state index is 0.0418. The molecule has 1 aromatic heterocycles. The third-order valence-corrected chi connectivity index (χ3v) is 2.37. The Hall–Kier alpha value is -1.99. The molecule has 3 heteroatoms. The summed E-state index contributed by atoms with van der Waals surface area (Å²) in [6.45, 7) is 1.97. The molecule has 3 nitrogen and oxygen atoms in total. The summed E-state index contributed by atoms with van der Waals surface area (Å²) in [6, 6.07) is 5.72. The standard InChI is InChI=1S/C12H11N3/c1-9-5-6-10(12(8-9)15-13)11-4-2-3-7-14-11/h2-8,10H,1H3. The molecule has 2 rings (SSSR count). The van der Waals surface area contributed by atoms with Crippen LogP contribution in [-0.4, -0.2) is 15.5 Å². The summed E-state index contributed by atoms with van der Waals surface area (Å²) >= 11 is 0. The Morgan fingerprint density at radius 3 is 2.93 bits per heavy atom. The van der Waals surface area contributed by atoms with Gasteiger partial charge in [0.15, 0.2) is 0 Å². The molecule has 0 aromatic carbocycles. The molecule has 1 aliphatic carbocycles. The predicted molar refractivity (Wildman–Crippen MR) is 58.5 cm³/mol. The zero-order valence-corrected chi connectivity index (χ0v) is 8.46. The number of rotatable bonds is 1. The number of allylic oxidation sites excluding steroid dienone is 4. The van der Waals surface area contributed by atoms with Gasteiger partial charge in [0.2, 0.25) is 0 Å². The lowest BCUT2D eigenvalue weighted by molar-refractivity contribution is -0.00698. The van der Waals surface area contributed by atoms with Crippen LogP contribution >= 0.6 is 0 Å². The van der Waals surface area contributed by atoms with Crippen LogP contribution in [0.3, 0.4) is 0 Å². The number of hydrogen-bond acceptors (Lipinski definition) is 1. The van der Waals surface area contributed by atoms with Crippen molar-refractivity contribution in [1.82, 2.24) is 4.98 Å². The molecule has 0 radical (unpaired) electrons. The van der Waals surface area contributed by atoms with E-state index in [0.29, 0.717) is 5.71 Å². The lowest BCUT2D eigenvalue weighted by Gasteiger charge is -2.09. The first kappa shape index (κ1) is 9.56. The van der Waals surface area contributed by atoms with Crippen molar-refractivity contribution in [2.24, 2.45) is 0 Å². The fraction of sp³-hybridized carbons (Fsp3) is 0.167. The van der Waals surface area contributed by atoms with Gasteiger partial charge in [0.1, 0.15) is 5.92 Å². The van der Waals surface area contributed by atoms with Crippen molar-refractivity contribution in [3.8, 4) is 0 Å². The first-order valence-corrected chi connectivity index (χ1v) is 4.80. The summed E-state index contributed by atoms with van der Waals surface area (Å²) in [6.07, 6.45) is 7.60. The fourth-order valence-electron chi connectivity index (χ4n) is 1.62. The van der Waals surface area contributed by atoms with Gasteiger partial charge in [-0.3, -0.25) is 4.98 Å². The predicted octanol–water partition coefficient (Wildman–Crippen LogP) is 2.35. The normalized spacial score (nSPS) is 19.7. The highest BCUT2D eigenvalue weighted by Crippen LogP contribution is 2.21. The van der Waals surface area contributed by atoms with Crippen molar-refractivity contribution in [2.75, 3.05) is 0 Å². The molecule has 0 fully saturated rings. The van der Waals surface area contributed by atoms with Gasteiger partial charge in [0.25, 0.3) is 0 Å². The first-order valence-electron chi connectivity index (χ1n) is 4.80. The average Bonchev–Trinajstić information content (AvgIpc) is 2.30. The van der Waals surface area contributed by atoms with Gasteiger partial charge >= 0.3 is 5.71 Å². The highest BCUT2D eigenvalue weighted by molar-refractivity contribution is 5.99. The molecule has 0 saturated carbocycles. The van der Waals surface area contributed by atoms with Crippen LogP contribution in [0.4, 0.5) is 0 Å². The van der Waals surface area contributed by atoms with Gasteiger partial charge in [-0.15, -0.1) is 0 Å².